The van der Waals surface area contributed by atoms with Gasteiger partial charge in [0.1, 0.15) is 0 Å². The normalized spacial score (nSPS) is 11.8. The Balaban J connectivity index is 1.79. The number of fused-ring (bicyclic) bond motifs is 1. The molecule has 3 rings (SSSR count). The monoisotopic (exact) mass is 396 g/mol. The van der Waals surface area contributed by atoms with E-state index in [2.05, 4.69) is 5.32 Å². The Morgan fingerprint density at radius 2 is 1.54 bits per heavy atom. The van der Waals surface area contributed by atoms with Crippen LogP contribution in [0.5, 0.6) is 0 Å². The van der Waals surface area contributed by atoms with E-state index in [1.807, 2.05) is 57.2 Å². The van der Waals surface area contributed by atoms with Crippen LogP contribution < -0.4 is 5.32 Å². The van der Waals surface area contributed by atoms with Gasteiger partial charge >= 0.3 is 0 Å². The summed E-state index contributed by atoms with van der Waals surface area (Å²) in [5.41, 5.74) is 3.74. The van der Waals surface area contributed by atoms with Gasteiger partial charge in [-0.1, -0.05) is 48.0 Å². The van der Waals surface area contributed by atoms with Gasteiger partial charge < -0.3 is 5.32 Å². The number of benzene rings is 3. The van der Waals surface area contributed by atoms with Crippen LogP contribution in [-0.4, -0.2) is 32.2 Å². The Morgan fingerprint density at radius 1 is 0.929 bits per heavy atom. The summed E-state index contributed by atoms with van der Waals surface area (Å²) in [6.07, 6.45) is 0. The summed E-state index contributed by atoms with van der Waals surface area (Å²) in [7, 11) is -2.36. The molecular weight excluding hydrogens is 372 g/mol. The second-order valence-electron chi connectivity index (χ2n) is 7.09. The summed E-state index contributed by atoms with van der Waals surface area (Å²) in [4.78, 5) is 12.7. The number of likely N-dealkylation sites (N-methyl/N-ethyl adjacent to an activating group) is 1. The number of nitrogens with one attached hydrogen (secondary N) is 1. The molecule has 3 aromatic carbocycles. The van der Waals surface area contributed by atoms with Gasteiger partial charge in [-0.05, 0) is 54.8 Å². The van der Waals surface area contributed by atoms with E-state index in [4.69, 9.17) is 0 Å². The van der Waals surface area contributed by atoms with Crippen molar-refractivity contribution in [3.05, 3.63) is 71.3 Å². The molecule has 5 nitrogen and oxygen atoms in total. The van der Waals surface area contributed by atoms with Crippen LogP contribution in [0.3, 0.4) is 0 Å². The van der Waals surface area contributed by atoms with Crippen molar-refractivity contribution in [1.82, 2.24) is 4.31 Å². The molecule has 0 atom stereocenters. The molecule has 1 N–H and O–H groups in total. The van der Waals surface area contributed by atoms with Crippen LogP contribution in [-0.2, 0) is 14.8 Å². The zero-order valence-corrected chi connectivity index (χ0v) is 17.3. The van der Waals surface area contributed by atoms with Gasteiger partial charge in [-0.2, -0.15) is 4.31 Å². The molecule has 0 aromatic heterocycles. The van der Waals surface area contributed by atoms with Crippen LogP contribution in [0, 0.1) is 20.8 Å². The third-order valence-corrected chi connectivity index (χ3v) is 6.54. The van der Waals surface area contributed by atoms with E-state index in [-0.39, 0.29) is 17.3 Å². The zero-order chi connectivity index (χ0) is 20.5. The van der Waals surface area contributed by atoms with Gasteiger partial charge in [-0.25, -0.2) is 8.42 Å². The number of hydrogen-bond donors (Lipinski definition) is 1. The molecule has 1 amide bonds. The van der Waals surface area contributed by atoms with E-state index < -0.39 is 10.0 Å². The maximum absolute atomic E-state index is 12.9. The average molecular weight is 397 g/mol. The predicted octanol–water partition coefficient (Wildman–Crippen LogP) is 4.02. The average Bonchev–Trinajstić information content (AvgIpc) is 2.64. The van der Waals surface area contributed by atoms with Crippen LogP contribution in [0.2, 0.25) is 0 Å². The van der Waals surface area contributed by atoms with Crippen LogP contribution in [0.4, 0.5) is 5.69 Å². The summed E-state index contributed by atoms with van der Waals surface area (Å²) in [5.74, 6) is -0.373. The van der Waals surface area contributed by atoms with Gasteiger partial charge in [0, 0.05) is 12.7 Å². The molecule has 0 saturated heterocycles. The number of aryl methyl sites for hydroxylation is 3. The van der Waals surface area contributed by atoms with E-state index in [0.29, 0.717) is 0 Å². The van der Waals surface area contributed by atoms with Gasteiger partial charge in [0.05, 0.1) is 11.4 Å². The lowest BCUT2D eigenvalue weighted by atomic mass is 10.1. The van der Waals surface area contributed by atoms with Crippen molar-refractivity contribution in [2.24, 2.45) is 0 Å². The summed E-state index contributed by atoms with van der Waals surface area (Å²) in [5, 5.41) is 4.65. The Labute approximate surface area is 166 Å². The van der Waals surface area contributed by atoms with Crippen molar-refractivity contribution in [3.63, 3.8) is 0 Å². The third-order valence-electron chi connectivity index (χ3n) is 4.74. The largest absolute Gasteiger partial charge is 0.324 e. The summed E-state index contributed by atoms with van der Waals surface area (Å²) in [6.45, 7) is 5.58. The van der Waals surface area contributed by atoms with Gasteiger partial charge in [-0.15, -0.1) is 0 Å². The lowest BCUT2D eigenvalue weighted by molar-refractivity contribution is -0.116. The molecule has 0 unspecified atom stereocenters. The molecule has 0 fully saturated rings. The molecule has 28 heavy (non-hydrogen) atoms. The lowest BCUT2D eigenvalue weighted by Gasteiger charge is -2.18. The van der Waals surface area contributed by atoms with E-state index in [9.17, 15) is 13.2 Å². The van der Waals surface area contributed by atoms with E-state index in [0.717, 1.165) is 37.5 Å². The molecule has 0 bridgehead atoms. The van der Waals surface area contributed by atoms with Crippen LogP contribution in [0.15, 0.2) is 59.5 Å². The Kier molecular flexibility index (Phi) is 5.54. The molecule has 0 spiro atoms. The highest BCUT2D eigenvalue weighted by Gasteiger charge is 2.23. The highest BCUT2D eigenvalue weighted by Crippen LogP contribution is 2.23. The Bertz CT molecular complexity index is 1130. The molecule has 0 aliphatic carbocycles. The molecule has 0 saturated carbocycles. The minimum atomic E-state index is -3.77. The van der Waals surface area contributed by atoms with Crippen molar-refractivity contribution in [1.29, 1.82) is 0 Å². The fourth-order valence-electron chi connectivity index (χ4n) is 3.35. The van der Waals surface area contributed by atoms with Gasteiger partial charge in [0.2, 0.25) is 15.9 Å². The van der Waals surface area contributed by atoms with E-state index in [1.165, 1.54) is 7.05 Å². The molecule has 0 radical (unpaired) electrons. The summed E-state index contributed by atoms with van der Waals surface area (Å²) < 4.78 is 26.9. The van der Waals surface area contributed by atoms with Gasteiger partial charge in [-0.3, -0.25) is 4.79 Å². The second-order valence-corrected chi connectivity index (χ2v) is 9.14. The Morgan fingerprint density at radius 3 is 2.18 bits per heavy atom. The molecule has 146 valence electrons. The lowest BCUT2D eigenvalue weighted by Crippen LogP contribution is -2.35. The van der Waals surface area contributed by atoms with Crippen molar-refractivity contribution < 1.29 is 13.2 Å². The maximum Gasteiger partial charge on any atom is 0.243 e. The zero-order valence-electron chi connectivity index (χ0n) is 16.5. The molecular formula is C22H24N2O3S. The second kappa shape index (κ2) is 7.73. The number of carbonyl (C=O) groups is 1. The third kappa shape index (κ3) is 4.08. The Hall–Kier alpha value is -2.70. The number of carbonyl (C=O) groups excluding carboxylic acids is 1. The predicted molar refractivity (Wildman–Crippen MR) is 113 cm³/mol. The summed E-state index contributed by atoms with van der Waals surface area (Å²) in [6, 6.07) is 16.5. The quantitative estimate of drug-likeness (QED) is 0.708. The topological polar surface area (TPSA) is 66.5 Å². The maximum atomic E-state index is 12.9. The van der Waals surface area contributed by atoms with Crippen LogP contribution in [0.1, 0.15) is 16.7 Å². The number of amides is 1. The molecule has 6 heteroatoms. The standard InChI is InChI=1S/C22H24N2O3S/c1-15-11-16(2)22(17(3)12-15)23-21(25)14-24(4)28(26,27)20-10-9-18-7-5-6-8-19(18)13-20/h5-13H,14H2,1-4H3,(H,23,25). The first kappa shape index (κ1) is 20.0. The minimum Gasteiger partial charge on any atom is -0.324 e. The number of nitrogens with zero attached hydrogens (tertiary/aromatic N) is 1. The van der Waals surface area contributed by atoms with E-state index >= 15 is 0 Å². The fraction of sp³-hybridized carbons (Fsp3) is 0.227. The molecule has 0 aliphatic rings. The van der Waals surface area contributed by atoms with Crippen molar-refractivity contribution in [2.75, 3.05) is 18.9 Å². The first-order valence-electron chi connectivity index (χ1n) is 9.01. The first-order chi connectivity index (χ1) is 13.2. The summed E-state index contributed by atoms with van der Waals surface area (Å²) >= 11 is 0. The SMILES string of the molecule is Cc1cc(C)c(NC(=O)CN(C)S(=O)(=O)c2ccc3ccccc3c2)c(C)c1. The van der Waals surface area contributed by atoms with Crippen LogP contribution >= 0.6 is 0 Å². The fourth-order valence-corrected chi connectivity index (χ4v) is 4.51. The van der Waals surface area contributed by atoms with Crippen molar-refractivity contribution >= 4 is 32.4 Å². The smallest absolute Gasteiger partial charge is 0.243 e. The minimum absolute atomic E-state index is 0.171. The number of rotatable bonds is 5. The van der Waals surface area contributed by atoms with Crippen molar-refractivity contribution in [2.45, 2.75) is 25.7 Å². The molecule has 0 heterocycles. The molecule has 0 aliphatic heterocycles. The van der Waals surface area contributed by atoms with Gasteiger partial charge in [0.25, 0.3) is 0 Å². The highest BCUT2D eigenvalue weighted by molar-refractivity contribution is 7.89. The molecule has 3 aromatic rings. The van der Waals surface area contributed by atoms with Crippen molar-refractivity contribution in [3.8, 4) is 0 Å². The van der Waals surface area contributed by atoms with Crippen LogP contribution in [0.25, 0.3) is 10.8 Å². The number of anilines is 1. The first-order valence-corrected chi connectivity index (χ1v) is 10.5. The number of hydrogen-bond acceptors (Lipinski definition) is 3. The van der Waals surface area contributed by atoms with Gasteiger partial charge in [0.15, 0.2) is 0 Å². The number of sulfonamides is 1. The van der Waals surface area contributed by atoms with E-state index in [1.54, 1.807) is 18.2 Å². The highest BCUT2D eigenvalue weighted by atomic mass is 32.2.